The van der Waals surface area contributed by atoms with E-state index in [-0.39, 0.29) is 31.9 Å². The Morgan fingerprint density at radius 3 is 1.25 bits per heavy atom. The van der Waals surface area contributed by atoms with E-state index in [0.29, 0.717) is 23.4 Å². The van der Waals surface area contributed by atoms with Crippen LogP contribution < -0.4 is 14.5 Å². The maximum atomic E-state index is 6.68. The van der Waals surface area contributed by atoms with Crippen LogP contribution in [0.4, 0.5) is 34.4 Å². The summed E-state index contributed by atoms with van der Waals surface area (Å²) in [6.07, 6.45) is 6.57. The van der Waals surface area contributed by atoms with E-state index in [2.05, 4.69) is 103 Å². The number of para-hydroxylation sites is 4. The molecule has 2 aliphatic rings. The van der Waals surface area contributed by atoms with Crippen molar-refractivity contribution in [3.8, 4) is 34.0 Å². The summed E-state index contributed by atoms with van der Waals surface area (Å²) in [6.45, 7) is 13.1. The standard InChI is InChI=1S/C44H38N6O.Pt/c1-43(2,3)29-23-39(49-27-45-35-19-11-7-15-31(35)33-17-9-13-21-37(33)49)47-41(25-29)51-42-26-30(44(4,5)6)24-40(48-42)50-28-46-36-20-12-8-16-32(36)34-18-10-14-22-38(34)50;/h7-26H,1-6H3;/q-2;+2. The smallest absolute Gasteiger partial charge is 0.422 e. The number of anilines is 4. The zero-order valence-electron chi connectivity index (χ0n) is 30.0. The number of aliphatic imine (C=N–C) groups is 2. The number of hydrogen-bond donors (Lipinski definition) is 0. The first kappa shape index (κ1) is 35.0. The second kappa shape index (κ2) is 13.6. The van der Waals surface area contributed by atoms with Gasteiger partial charge < -0.3 is 24.5 Å². The van der Waals surface area contributed by atoms with E-state index in [1.165, 1.54) is 0 Å². The average molecular weight is 862 g/mol. The second-order valence-corrected chi connectivity index (χ2v) is 14.9. The summed E-state index contributed by atoms with van der Waals surface area (Å²) in [4.78, 5) is 23.5. The predicted octanol–water partition coefficient (Wildman–Crippen LogP) is 11.6. The van der Waals surface area contributed by atoms with E-state index in [1.807, 2.05) is 82.6 Å². The Morgan fingerprint density at radius 2 is 0.846 bits per heavy atom. The van der Waals surface area contributed by atoms with E-state index in [4.69, 9.17) is 24.7 Å². The van der Waals surface area contributed by atoms with Crippen molar-refractivity contribution in [2.45, 2.75) is 52.4 Å². The zero-order chi connectivity index (χ0) is 35.3. The molecule has 4 aromatic carbocycles. The Balaban J connectivity index is 0.00000420. The quantitative estimate of drug-likeness (QED) is 0.165. The molecule has 0 atom stereocenters. The van der Waals surface area contributed by atoms with Crippen LogP contribution in [0.5, 0.6) is 11.8 Å². The fourth-order valence-electron chi connectivity index (χ4n) is 6.34. The fourth-order valence-corrected chi connectivity index (χ4v) is 6.34. The second-order valence-electron chi connectivity index (χ2n) is 14.9. The topological polar surface area (TPSA) is 66.2 Å². The monoisotopic (exact) mass is 861 g/mol. The molecule has 0 bridgehead atoms. The molecule has 2 aromatic heterocycles. The van der Waals surface area contributed by atoms with Crippen molar-refractivity contribution in [2.75, 3.05) is 9.80 Å². The first-order chi connectivity index (χ1) is 24.5. The number of pyridine rings is 2. The molecule has 260 valence electrons. The Hall–Kier alpha value is -5.39. The molecule has 0 aliphatic carbocycles. The molecule has 8 heteroatoms. The van der Waals surface area contributed by atoms with Crippen molar-refractivity contribution in [3.05, 3.63) is 132 Å². The van der Waals surface area contributed by atoms with Crippen molar-refractivity contribution in [3.63, 3.8) is 0 Å². The van der Waals surface area contributed by atoms with E-state index < -0.39 is 0 Å². The van der Waals surface area contributed by atoms with E-state index in [0.717, 1.165) is 56.1 Å². The van der Waals surface area contributed by atoms with Crippen molar-refractivity contribution in [1.29, 1.82) is 0 Å². The van der Waals surface area contributed by atoms with Crippen molar-refractivity contribution >= 4 is 47.1 Å². The molecular formula is C44H38N6OPt. The molecule has 0 unspecified atom stereocenters. The molecule has 0 spiro atoms. The fraction of sp³-hybridized carbons (Fsp3) is 0.182. The SMILES string of the molecule is CC(C)(C)c1cc(Oc2cc(C(C)(C)C)cc(N3[C-]=Nc4ccccc4-c4ccccc43)n2)nc(N2[C-]=Nc3ccccc3-c3ccccc32)c1.[Pt+2]. The van der Waals surface area contributed by atoms with Crippen LogP contribution in [0.15, 0.2) is 131 Å². The van der Waals surface area contributed by atoms with Crippen LogP contribution in [0.3, 0.4) is 0 Å². The normalized spacial score (nSPS) is 13.2. The largest absolute Gasteiger partial charge is 2.00 e. The van der Waals surface area contributed by atoms with Gasteiger partial charge in [-0.05, 0) is 67.0 Å². The molecule has 0 saturated carbocycles. The summed E-state index contributed by atoms with van der Waals surface area (Å²) in [5.74, 6) is 2.13. The molecule has 52 heavy (non-hydrogen) atoms. The molecule has 8 rings (SSSR count). The van der Waals surface area contributed by atoms with E-state index in [9.17, 15) is 0 Å². The van der Waals surface area contributed by atoms with Crippen molar-refractivity contribution in [1.82, 2.24) is 9.97 Å². The van der Waals surface area contributed by atoms with Gasteiger partial charge in [-0.2, -0.15) is 0 Å². The third-order valence-corrected chi connectivity index (χ3v) is 9.20. The zero-order valence-corrected chi connectivity index (χ0v) is 32.2. The summed E-state index contributed by atoms with van der Waals surface area (Å²) in [7, 11) is 0. The number of aromatic nitrogens is 2. The molecule has 0 fully saturated rings. The van der Waals surface area contributed by atoms with Gasteiger partial charge in [0.15, 0.2) is 0 Å². The molecule has 0 saturated heterocycles. The number of nitrogens with zero attached hydrogens (tertiary/aromatic N) is 6. The minimum atomic E-state index is -0.205. The first-order valence-corrected chi connectivity index (χ1v) is 17.2. The van der Waals surface area contributed by atoms with Gasteiger partial charge in [-0.1, -0.05) is 151 Å². The number of rotatable bonds is 4. The average Bonchev–Trinajstić information content (AvgIpc) is 3.39. The van der Waals surface area contributed by atoms with Crippen LogP contribution in [0.1, 0.15) is 52.7 Å². The minimum Gasteiger partial charge on any atom is -0.422 e. The third-order valence-electron chi connectivity index (χ3n) is 9.20. The maximum absolute atomic E-state index is 6.68. The Kier molecular flexibility index (Phi) is 9.18. The van der Waals surface area contributed by atoms with Gasteiger partial charge in [-0.15, -0.1) is 0 Å². The summed E-state index contributed by atoms with van der Waals surface area (Å²) in [6, 6.07) is 40.9. The molecule has 0 N–H and O–H groups in total. The van der Waals surface area contributed by atoms with Gasteiger partial charge in [0, 0.05) is 24.8 Å². The Labute approximate surface area is 320 Å². The van der Waals surface area contributed by atoms with Gasteiger partial charge >= 0.3 is 21.1 Å². The third kappa shape index (κ3) is 6.69. The van der Waals surface area contributed by atoms with Crippen LogP contribution in [-0.4, -0.2) is 22.6 Å². The van der Waals surface area contributed by atoms with Gasteiger partial charge in [0.1, 0.15) is 0 Å². The predicted molar refractivity (Wildman–Crippen MR) is 208 cm³/mol. The van der Waals surface area contributed by atoms with Crippen LogP contribution in [0.25, 0.3) is 22.3 Å². The van der Waals surface area contributed by atoms with Gasteiger partial charge in [-0.3, -0.25) is 0 Å². The molecule has 0 radical (unpaired) electrons. The first-order valence-electron chi connectivity index (χ1n) is 17.2. The van der Waals surface area contributed by atoms with Crippen LogP contribution >= 0.6 is 0 Å². The molecule has 7 nitrogen and oxygen atoms in total. The summed E-state index contributed by atoms with van der Waals surface area (Å²) in [5, 5.41) is 0. The van der Waals surface area contributed by atoms with Gasteiger partial charge in [0.25, 0.3) is 0 Å². The molecule has 6 aromatic rings. The maximum Gasteiger partial charge on any atom is 2.00 e. The Morgan fingerprint density at radius 1 is 0.481 bits per heavy atom. The molecular weight excluding hydrogens is 824 g/mol. The summed E-state index contributed by atoms with van der Waals surface area (Å²) >= 11 is 0. The number of fused-ring (bicyclic) bond motifs is 6. The number of ether oxygens (including phenoxy) is 1. The van der Waals surface area contributed by atoms with Crippen LogP contribution in [0, 0.1) is 0 Å². The van der Waals surface area contributed by atoms with Crippen LogP contribution in [0.2, 0.25) is 0 Å². The van der Waals surface area contributed by atoms with Gasteiger partial charge in [-0.25, -0.2) is 9.97 Å². The van der Waals surface area contributed by atoms with E-state index >= 15 is 0 Å². The van der Waals surface area contributed by atoms with Crippen LogP contribution in [-0.2, 0) is 31.9 Å². The molecule has 2 aliphatic heterocycles. The Bertz CT molecular complexity index is 2190. The van der Waals surface area contributed by atoms with Crippen molar-refractivity contribution in [2.24, 2.45) is 9.98 Å². The minimum absolute atomic E-state index is 0. The van der Waals surface area contributed by atoms with Gasteiger partial charge in [0.05, 0.1) is 11.6 Å². The number of hydrogen-bond acceptors (Lipinski definition) is 7. The number of benzene rings is 4. The summed E-state index contributed by atoms with van der Waals surface area (Å²) in [5.41, 5.74) is 9.45. The van der Waals surface area contributed by atoms with Crippen molar-refractivity contribution < 1.29 is 25.8 Å². The molecule has 0 amide bonds. The summed E-state index contributed by atoms with van der Waals surface area (Å²) < 4.78 is 6.68. The molecule has 4 heterocycles. The van der Waals surface area contributed by atoms with Gasteiger partial charge in [0.2, 0.25) is 11.8 Å². The van der Waals surface area contributed by atoms with E-state index in [1.54, 1.807) is 0 Å².